The first-order valence-electron chi connectivity index (χ1n) is 7.94. The molecular formula is C17H28N4. The molecule has 1 aromatic rings. The number of rotatable bonds is 4. The fourth-order valence-corrected chi connectivity index (χ4v) is 2.74. The first-order valence-corrected chi connectivity index (χ1v) is 7.94. The molecule has 0 aromatic carbocycles. The Balaban J connectivity index is 2.30. The Hall–Kier alpha value is -1.58. The molecule has 1 aliphatic heterocycles. The highest BCUT2D eigenvalue weighted by atomic mass is 15.4. The third-order valence-corrected chi connectivity index (χ3v) is 3.48. The van der Waals surface area contributed by atoms with E-state index in [2.05, 4.69) is 57.2 Å². The molecule has 1 aromatic heterocycles. The lowest BCUT2D eigenvalue weighted by Crippen LogP contribution is -2.36. The second-order valence-corrected chi connectivity index (χ2v) is 6.91. The monoisotopic (exact) mass is 288 g/mol. The molecule has 2 heterocycles. The number of nitrogens with one attached hydrogen (secondary N) is 1. The number of aryl methyl sites for hydroxylation is 1. The maximum atomic E-state index is 4.85. The van der Waals surface area contributed by atoms with Gasteiger partial charge in [0.1, 0.15) is 0 Å². The van der Waals surface area contributed by atoms with Crippen LogP contribution in [-0.2, 0) is 6.42 Å². The van der Waals surface area contributed by atoms with E-state index in [0.29, 0.717) is 11.8 Å². The van der Waals surface area contributed by atoms with Crippen molar-refractivity contribution in [1.82, 2.24) is 15.1 Å². The topological polar surface area (TPSA) is 42.2 Å². The summed E-state index contributed by atoms with van der Waals surface area (Å²) >= 11 is 0. The molecule has 0 radical (unpaired) electrons. The van der Waals surface area contributed by atoms with Crippen LogP contribution >= 0.6 is 0 Å². The van der Waals surface area contributed by atoms with Gasteiger partial charge in [0.25, 0.3) is 0 Å². The van der Waals surface area contributed by atoms with Crippen LogP contribution in [0, 0.1) is 18.8 Å². The minimum atomic E-state index is 0.248. The Kier molecular flexibility index (Phi) is 4.86. The SMILES string of the molecule is CC1=CC(CC(C)C)N=C(n2nc(C)cc2CC(C)C)N1. The summed E-state index contributed by atoms with van der Waals surface area (Å²) in [5, 5.41) is 8.01. The molecule has 0 aliphatic carbocycles. The third kappa shape index (κ3) is 4.19. The molecule has 0 bridgehead atoms. The molecule has 1 N–H and O–H groups in total. The van der Waals surface area contributed by atoms with E-state index in [-0.39, 0.29) is 6.04 Å². The highest BCUT2D eigenvalue weighted by Crippen LogP contribution is 2.16. The molecule has 0 spiro atoms. The summed E-state index contributed by atoms with van der Waals surface area (Å²) in [6, 6.07) is 2.41. The van der Waals surface area contributed by atoms with Gasteiger partial charge in [-0.05, 0) is 50.7 Å². The molecule has 0 saturated heterocycles. The van der Waals surface area contributed by atoms with Crippen LogP contribution in [0.25, 0.3) is 0 Å². The van der Waals surface area contributed by atoms with Gasteiger partial charge < -0.3 is 5.32 Å². The quantitative estimate of drug-likeness (QED) is 0.921. The average molecular weight is 288 g/mol. The normalized spacial score (nSPS) is 18.8. The summed E-state index contributed by atoms with van der Waals surface area (Å²) < 4.78 is 1.99. The Labute approximate surface area is 128 Å². The second kappa shape index (κ2) is 6.46. The van der Waals surface area contributed by atoms with Crippen LogP contribution in [-0.4, -0.2) is 21.8 Å². The van der Waals surface area contributed by atoms with E-state index in [1.54, 1.807) is 0 Å². The van der Waals surface area contributed by atoms with Gasteiger partial charge in [-0.1, -0.05) is 27.7 Å². The molecule has 21 heavy (non-hydrogen) atoms. The lowest BCUT2D eigenvalue weighted by molar-refractivity contribution is 0.536. The van der Waals surface area contributed by atoms with E-state index in [4.69, 9.17) is 4.99 Å². The molecule has 0 saturated carbocycles. The number of hydrogen-bond donors (Lipinski definition) is 1. The molecule has 1 aliphatic rings. The highest BCUT2D eigenvalue weighted by molar-refractivity contribution is 5.84. The van der Waals surface area contributed by atoms with E-state index in [1.807, 2.05) is 11.6 Å². The van der Waals surface area contributed by atoms with Crippen molar-refractivity contribution in [3.63, 3.8) is 0 Å². The van der Waals surface area contributed by atoms with Crippen LogP contribution in [0.15, 0.2) is 22.8 Å². The minimum Gasteiger partial charge on any atom is -0.329 e. The lowest BCUT2D eigenvalue weighted by atomic mass is 10.0. The number of aromatic nitrogens is 2. The Morgan fingerprint density at radius 2 is 1.90 bits per heavy atom. The summed E-state index contributed by atoms with van der Waals surface area (Å²) in [4.78, 5) is 4.85. The van der Waals surface area contributed by atoms with Crippen LogP contribution in [0.1, 0.15) is 52.4 Å². The van der Waals surface area contributed by atoms with Crippen LogP contribution in [0.4, 0.5) is 0 Å². The third-order valence-electron chi connectivity index (χ3n) is 3.48. The van der Waals surface area contributed by atoms with E-state index in [1.165, 1.54) is 5.69 Å². The zero-order valence-electron chi connectivity index (χ0n) is 14.1. The van der Waals surface area contributed by atoms with Gasteiger partial charge in [-0.25, -0.2) is 9.67 Å². The zero-order chi connectivity index (χ0) is 15.6. The van der Waals surface area contributed by atoms with Crippen LogP contribution < -0.4 is 5.32 Å². The average Bonchev–Trinajstić information content (AvgIpc) is 2.67. The van der Waals surface area contributed by atoms with Crippen molar-refractivity contribution in [2.45, 2.75) is 60.4 Å². The number of aliphatic imine (C=N–C) groups is 1. The van der Waals surface area contributed by atoms with Crippen LogP contribution in [0.3, 0.4) is 0 Å². The number of nitrogens with zero attached hydrogens (tertiary/aromatic N) is 3. The smallest absolute Gasteiger partial charge is 0.224 e. The van der Waals surface area contributed by atoms with Crippen molar-refractivity contribution >= 4 is 5.96 Å². The molecule has 0 fully saturated rings. The van der Waals surface area contributed by atoms with Gasteiger partial charge >= 0.3 is 0 Å². The number of hydrogen-bond acceptors (Lipinski definition) is 3. The second-order valence-electron chi connectivity index (χ2n) is 6.91. The Bertz CT molecular complexity index is 549. The largest absolute Gasteiger partial charge is 0.329 e. The Morgan fingerprint density at radius 3 is 2.52 bits per heavy atom. The maximum absolute atomic E-state index is 4.85. The first-order chi connectivity index (χ1) is 9.85. The van der Waals surface area contributed by atoms with Crippen molar-refractivity contribution in [3.05, 3.63) is 29.2 Å². The summed E-state index contributed by atoms with van der Waals surface area (Å²) in [7, 11) is 0. The zero-order valence-corrected chi connectivity index (χ0v) is 14.1. The summed E-state index contributed by atoms with van der Waals surface area (Å²) in [5.41, 5.74) is 3.43. The van der Waals surface area contributed by atoms with Crippen LogP contribution in [0.5, 0.6) is 0 Å². The van der Waals surface area contributed by atoms with Crippen molar-refractivity contribution in [3.8, 4) is 0 Å². The van der Waals surface area contributed by atoms with Crippen molar-refractivity contribution in [2.24, 2.45) is 16.8 Å². The van der Waals surface area contributed by atoms with Gasteiger partial charge in [-0.2, -0.15) is 5.10 Å². The van der Waals surface area contributed by atoms with Gasteiger partial charge in [0.15, 0.2) is 0 Å². The minimum absolute atomic E-state index is 0.248. The molecule has 2 rings (SSSR count). The van der Waals surface area contributed by atoms with Gasteiger partial charge in [-0.3, -0.25) is 0 Å². The summed E-state index contributed by atoms with van der Waals surface area (Å²) in [5.74, 6) is 2.10. The van der Waals surface area contributed by atoms with Crippen molar-refractivity contribution < 1.29 is 0 Å². The molecule has 116 valence electrons. The van der Waals surface area contributed by atoms with E-state index < -0.39 is 0 Å². The van der Waals surface area contributed by atoms with Gasteiger partial charge in [0.05, 0.1) is 11.7 Å². The van der Waals surface area contributed by atoms with E-state index >= 15 is 0 Å². The lowest BCUT2D eigenvalue weighted by Gasteiger charge is -2.22. The predicted molar refractivity (Wildman–Crippen MR) is 88.5 cm³/mol. The number of allylic oxidation sites excluding steroid dienone is 1. The van der Waals surface area contributed by atoms with Gasteiger partial charge in [0.2, 0.25) is 5.96 Å². The Morgan fingerprint density at radius 1 is 1.19 bits per heavy atom. The predicted octanol–water partition coefficient (Wildman–Crippen LogP) is 3.52. The maximum Gasteiger partial charge on any atom is 0.224 e. The van der Waals surface area contributed by atoms with Crippen molar-refractivity contribution in [1.29, 1.82) is 0 Å². The molecule has 4 nitrogen and oxygen atoms in total. The summed E-state index contributed by atoms with van der Waals surface area (Å²) in [6.45, 7) is 13.1. The van der Waals surface area contributed by atoms with E-state index in [0.717, 1.165) is 30.2 Å². The van der Waals surface area contributed by atoms with Gasteiger partial charge in [-0.15, -0.1) is 0 Å². The van der Waals surface area contributed by atoms with Crippen LogP contribution in [0.2, 0.25) is 0 Å². The first kappa shape index (κ1) is 15.8. The van der Waals surface area contributed by atoms with Crippen molar-refractivity contribution in [2.75, 3.05) is 0 Å². The molecule has 1 unspecified atom stereocenters. The molecule has 0 amide bonds. The van der Waals surface area contributed by atoms with Gasteiger partial charge in [0, 0.05) is 11.4 Å². The fourth-order valence-electron chi connectivity index (χ4n) is 2.74. The molecule has 1 atom stereocenters. The summed E-state index contributed by atoms with van der Waals surface area (Å²) in [6.07, 6.45) is 4.30. The standard InChI is InChI=1S/C17H28N4/c1-11(2)7-15-9-13(5)18-17(19-15)21-16(8-12(3)4)10-14(6)20-21/h9-12,15H,7-8H2,1-6H3,(H,18,19). The highest BCUT2D eigenvalue weighted by Gasteiger charge is 2.19. The van der Waals surface area contributed by atoms with E-state index in [9.17, 15) is 0 Å². The fraction of sp³-hybridized carbons (Fsp3) is 0.647. The molecular weight excluding hydrogens is 260 g/mol. The molecule has 4 heteroatoms.